The number of thiol groups is 1. The second-order valence-electron chi connectivity index (χ2n) is 8.74. The zero-order valence-corrected chi connectivity index (χ0v) is 23.7. The number of alkyl carbamates (subject to hydrolysis) is 1. The average Bonchev–Trinajstić information content (AvgIpc) is 2.72. The predicted molar refractivity (Wildman–Crippen MR) is 139 cm³/mol. The van der Waals surface area contributed by atoms with Gasteiger partial charge in [-0.25, -0.2) is 4.79 Å². The lowest BCUT2D eigenvalue weighted by Gasteiger charge is -2.22. The summed E-state index contributed by atoms with van der Waals surface area (Å²) in [5.74, 6) is -0.741. The minimum atomic E-state index is -2.98. The van der Waals surface area contributed by atoms with E-state index in [1.54, 1.807) is 20.8 Å². The number of hydrogen-bond acceptors (Lipinski definition) is 9. The Hall–Kier alpha value is -0.870. The number of carbonyl (C=O) groups is 3. The van der Waals surface area contributed by atoms with Crippen LogP contribution in [-0.2, 0) is 44.7 Å². The van der Waals surface area contributed by atoms with E-state index in [4.69, 9.17) is 35.1 Å². The van der Waals surface area contributed by atoms with Gasteiger partial charge in [-0.1, -0.05) is 51.8 Å². The molecular formula is C22H42NO8PS2. The number of hydrogen-bond donors (Lipinski definition) is 2. The lowest BCUT2D eigenvalue weighted by Crippen LogP contribution is -2.34. The molecule has 0 saturated carbocycles. The standard InChI is InChI=1S/C22H42NO8PS2/c1-6-8-10-12-19(24)27-16-18(30-20(25)13-11-9-7-2)17-29-32(33,34)28-15-14-23-21(26)31-22(3,4)5/h18H,6-17H2,1-5H3,(H,23,26)(H,33,34)/t18-/m1/s1. The lowest BCUT2D eigenvalue weighted by molar-refractivity contribution is -0.161. The molecule has 12 heteroatoms. The summed E-state index contributed by atoms with van der Waals surface area (Å²) in [5.41, 5.74) is -3.58. The summed E-state index contributed by atoms with van der Waals surface area (Å²) >= 11 is 9.54. The molecule has 0 aliphatic heterocycles. The van der Waals surface area contributed by atoms with Crippen LogP contribution in [0.25, 0.3) is 0 Å². The van der Waals surface area contributed by atoms with Crippen molar-refractivity contribution in [2.75, 3.05) is 26.4 Å². The lowest BCUT2D eigenvalue weighted by atomic mass is 10.2. The van der Waals surface area contributed by atoms with Gasteiger partial charge in [-0.05, 0) is 45.4 Å². The summed E-state index contributed by atoms with van der Waals surface area (Å²) in [7, 11) is 0. The van der Waals surface area contributed by atoms with Crippen molar-refractivity contribution in [3.8, 4) is 0 Å². The predicted octanol–water partition coefficient (Wildman–Crippen LogP) is 5.31. The van der Waals surface area contributed by atoms with Gasteiger partial charge in [0.1, 0.15) is 12.2 Å². The molecule has 0 radical (unpaired) electrons. The number of unbranched alkanes of at least 4 members (excludes halogenated alkanes) is 4. The summed E-state index contributed by atoms with van der Waals surface area (Å²) in [4.78, 5) is 35.7. The molecule has 0 rings (SSSR count). The SMILES string of the molecule is CCCCCC(=O)OC[C@H](COP(=S)(S)OCCNC(=O)OC(C)(C)C)OC(=O)CCCCC. The van der Waals surface area contributed by atoms with Gasteiger partial charge in [-0.2, -0.15) is 0 Å². The van der Waals surface area contributed by atoms with Gasteiger partial charge < -0.3 is 28.6 Å². The van der Waals surface area contributed by atoms with Crippen molar-refractivity contribution >= 4 is 47.8 Å². The van der Waals surface area contributed by atoms with E-state index in [9.17, 15) is 14.4 Å². The molecule has 2 atom stereocenters. The minimum absolute atomic E-state index is 0.0634. The fraction of sp³-hybridized carbons (Fsp3) is 0.864. The van der Waals surface area contributed by atoms with Crippen LogP contribution in [0.1, 0.15) is 86.0 Å². The Labute approximate surface area is 214 Å². The first kappa shape index (κ1) is 33.1. The van der Waals surface area contributed by atoms with Crippen molar-refractivity contribution in [2.45, 2.75) is 97.7 Å². The molecule has 0 heterocycles. The first-order valence-electron chi connectivity index (χ1n) is 11.8. The van der Waals surface area contributed by atoms with Crippen LogP contribution >= 0.6 is 17.9 Å². The highest BCUT2D eigenvalue weighted by Crippen LogP contribution is 2.53. The van der Waals surface area contributed by atoms with Gasteiger partial charge in [-0.15, -0.1) is 0 Å². The molecule has 1 unspecified atom stereocenters. The van der Waals surface area contributed by atoms with E-state index >= 15 is 0 Å². The Bertz CT molecular complexity index is 657. The number of ether oxygens (including phenoxy) is 3. The smallest absolute Gasteiger partial charge is 0.407 e. The van der Waals surface area contributed by atoms with E-state index in [-0.39, 0.29) is 44.7 Å². The van der Waals surface area contributed by atoms with E-state index in [0.717, 1.165) is 38.5 Å². The molecule has 9 nitrogen and oxygen atoms in total. The molecule has 200 valence electrons. The molecule has 0 aromatic heterocycles. The van der Waals surface area contributed by atoms with Crippen molar-refractivity contribution in [3.05, 3.63) is 0 Å². The van der Waals surface area contributed by atoms with E-state index in [0.29, 0.717) is 6.42 Å². The normalized spacial score (nSPS) is 14.1. The maximum Gasteiger partial charge on any atom is 0.407 e. The monoisotopic (exact) mass is 543 g/mol. The highest BCUT2D eigenvalue weighted by Gasteiger charge is 2.22. The molecular weight excluding hydrogens is 501 g/mol. The van der Waals surface area contributed by atoms with Crippen molar-refractivity contribution in [2.24, 2.45) is 0 Å². The van der Waals surface area contributed by atoms with Gasteiger partial charge in [0.05, 0.1) is 13.2 Å². The zero-order chi connectivity index (χ0) is 26.0. The van der Waals surface area contributed by atoms with Crippen LogP contribution in [-0.4, -0.2) is 56.1 Å². The summed E-state index contributed by atoms with van der Waals surface area (Å²) < 4.78 is 26.9. The summed E-state index contributed by atoms with van der Waals surface area (Å²) in [6.07, 6.45) is 4.51. The van der Waals surface area contributed by atoms with E-state index in [1.165, 1.54) is 0 Å². The Morgan fingerprint density at radius 2 is 1.53 bits per heavy atom. The van der Waals surface area contributed by atoms with Gasteiger partial charge in [0.2, 0.25) is 5.69 Å². The number of amides is 1. The molecule has 0 spiro atoms. The summed E-state index contributed by atoms with van der Waals surface area (Å²) in [6, 6.07) is 0. The maximum absolute atomic E-state index is 12.1. The topological polar surface area (TPSA) is 109 Å². The third-order valence-electron chi connectivity index (χ3n) is 4.15. The first-order valence-corrected chi connectivity index (χ1v) is 15.6. The molecule has 0 aromatic carbocycles. The number of nitrogens with one attached hydrogen (secondary N) is 1. The van der Waals surface area contributed by atoms with Crippen molar-refractivity contribution < 1.29 is 37.6 Å². The number of esters is 2. The zero-order valence-electron chi connectivity index (χ0n) is 21.1. The van der Waals surface area contributed by atoms with Gasteiger partial charge in [-0.3, -0.25) is 9.59 Å². The molecule has 0 aromatic rings. The molecule has 1 N–H and O–H groups in total. The Kier molecular flexibility index (Phi) is 17.9. The Morgan fingerprint density at radius 3 is 2.09 bits per heavy atom. The number of rotatable bonds is 18. The third-order valence-corrected chi connectivity index (χ3v) is 6.46. The van der Waals surface area contributed by atoms with E-state index in [1.807, 2.05) is 13.8 Å². The number of carbonyl (C=O) groups excluding carboxylic acids is 3. The van der Waals surface area contributed by atoms with Crippen LogP contribution in [0.4, 0.5) is 4.79 Å². The second-order valence-corrected chi connectivity index (χ2v) is 14.0. The quantitative estimate of drug-likeness (QED) is 0.0781. The van der Waals surface area contributed by atoms with Crippen molar-refractivity contribution in [1.29, 1.82) is 0 Å². The molecule has 34 heavy (non-hydrogen) atoms. The molecule has 0 aliphatic rings. The van der Waals surface area contributed by atoms with Gasteiger partial charge in [0, 0.05) is 19.4 Å². The molecule has 0 bridgehead atoms. The van der Waals surface area contributed by atoms with E-state index in [2.05, 4.69) is 17.6 Å². The summed E-state index contributed by atoms with van der Waals surface area (Å²) in [6.45, 7) is 9.35. The molecule has 1 amide bonds. The van der Waals surface area contributed by atoms with Crippen LogP contribution in [0.5, 0.6) is 0 Å². The van der Waals surface area contributed by atoms with Crippen molar-refractivity contribution in [1.82, 2.24) is 5.32 Å². The van der Waals surface area contributed by atoms with Gasteiger partial charge >= 0.3 is 18.0 Å². The largest absolute Gasteiger partial charge is 0.462 e. The molecule has 0 aliphatic carbocycles. The fourth-order valence-electron chi connectivity index (χ4n) is 2.50. The average molecular weight is 544 g/mol. The first-order chi connectivity index (χ1) is 15.9. The fourth-order valence-corrected chi connectivity index (χ4v) is 4.10. The highest BCUT2D eigenvalue weighted by atomic mass is 32.9. The molecule has 0 saturated heterocycles. The minimum Gasteiger partial charge on any atom is -0.462 e. The summed E-state index contributed by atoms with van der Waals surface area (Å²) in [5, 5.41) is 2.55. The highest BCUT2D eigenvalue weighted by molar-refractivity contribution is 8.60. The van der Waals surface area contributed by atoms with Gasteiger partial charge in [0.25, 0.3) is 0 Å². The third kappa shape index (κ3) is 20.5. The van der Waals surface area contributed by atoms with E-state index < -0.39 is 23.5 Å². The Balaban J connectivity index is 4.60. The Morgan fingerprint density at radius 1 is 0.941 bits per heavy atom. The maximum atomic E-state index is 12.1. The van der Waals surface area contributed by atoms with Crippen LogP contribution in [0.15, 0.2) is 0 Å². The second kappa shape index (κ2) is 18.4. The van der Waals surface area contributed by atoms with Crippen LogP contribution in [0, 0.1) is 0 Å². The van der Waals surface area contributed by atoms with Crippen LogP contribution < -0.4 is 5.32 Å². The van der Waals surface area contributed by atoms with Crippen LogP contribution in [0.2, 0.25) is 0 Å². The molecule has 0 fully saturated rings. The van der Waals surface area contributed by atoms with Gasteiger partial charge in [0.15, 0.2) is 6.10 Å². The van der Waals surface area contributed by atoms with Crippen molar-refractivity contribution in [3.63, 3.8) is 0 Å². The van der Waals surface area contributed by atoms with Crippen LogP contribution in [0.3, 0.4) is 0 Å².